The minimum Gasteiger partial charge on any atom is -0.436 e. The molecular formula is C21H30N4O6. The van der Waals surface area contributed by atoms with Crippen molar-refractivity contribution in [2.24, 2.45) is 5.92 Å². The van der Waals surface area contributed by atoms with Crippen LogP contribution in [0.25, 0.3) is 0 Å². The molecule has 1 aromatic rings. The van der Waals surface area contributed by atoms with Gasteiger partial charge in [-0.15, -0.1) is 0 Å². The molecule has 2 saturated carbocycles. The number of rotatable bonds is 8. The fourth-order valence-corrected chi connectivity index (χ4v) is 4.16. The van der Waals surface area contributed by atoms with Gasteiger partial charge in [0.15, 0.2) is 6.10 Å². The van der Waals surface area contributed by atoms with E-state index in [9.17, 15) is 14.4 Å². The van der Waals surface area contributed by atoms with Gasteiger partial charge in [-0.3, -0.25) is 9.59 Å². The first-order valence-electron chi connectivity index (χ1n) is 11.3. The standard InChI is InChI=1S/C21H30N4O6/c26-16(18-23-19(31-24-18)15-6-7-15)13-22-21(28)30-17(12-14-4-2-1-3-5-14)20(27)25-8-10-29-11-9-25/h14-15,17H,1-13H2,(H,22,28)/t17-/m0/s1. The van der Waals surface area contributed by atoms with Crippen molar-refractivity contribution >= 4 is 17.8 Å². The highest BCUT2D eigenvalue weighted by Crippen LogP contribution is 2.38. The normalized spacial score (nSPS) is 20.8. The van der Waals surface area contributed by atoms with E-state index in [1.807, 2.05) is 0 Å². The molecular weight excluding hydrogens is 404 g/mol. The Labute approximate surface area is 181 Å². The van der Waals surface area contributed by atoms with E-state index in [4.69, 9.17) is 14.0 Å². The number of ketones is 1. The van der Waals surface area contributed by atoms with Crippen LogP contribution in [0, 0.1) is 5.92 Å². The van der Waals surface area contributed by atoms with E-state index in [1.54, 1.807) is 4.90 Å². The Kier molecular flexibility index (Phi) is 7.16. The molecule has 4 rings (SSSR count). The second-order valence-corrected chi connectivity index (χ2v) is 8.58. The summed E-state index contributed by atoms with van der Waals surface area (Å²) >= 11 is 0. The number of carbonyl (C=O) groups excluding carboxylic acids is 3. The summed E-state index contributed by atoms with van der Waals surface area (Å²) in [6.45, 7) is 1.63. The molecule has 10 nitrogen and oxygen atoms in total. The third-order valence-electron chi connectivity index (χ3n) is 6.13. The van der Waals surface area contributed by atoms with Crippen LogP contribution in [0.5, 0.6) is 0 Å². The predicted molar refractivity (Wildman–Crippen MR) is 107 cm³/mol. The molecule has 3 aliphatic rings. The minimum absolute atomic E-state index is 0.0506. The van der Waals surface area contributed by atoms with Gasteiger partial charge in [0.05, 0.1) is 19.8 Å². The van der Waals surface area contributed by atoms with Gasteiger partial charge in [0.1, 0.15) is 0 Å². The van der Waals surface area contributed by atoms with Gasteiger partial charge in [-0.1, -0.05) is 37.3 Å². The summed E-state index contributed by atoms with van der Waals surface area (Å²) < 4.78 is 15.9. The van der Waals surface area contributed by atoms with Gasteiger partial charge >= 0.3 is 6.09 Å². The Bertz CT molecular complexity index is 781. The lowest BCUT2D eigenvalue weighted by atomic mass is 9.85. The summed E-state index contributed by atoms with van der Waals surface area (Å²) in [5, 5.41) is 6.12. The Hall–Kier alpha value is -2.49. The van der Waals surface area contributed by atoms with E-state index in [-0.39, 0.29) is 24.2 Å². The fraction of sp³-hybridized carbons (Fsp3) is 0.762. The summed E-state index contributed by atoms with van der Waals surface area (Å²) in [6, 6.07) is 0. The van der Waals surface area contributed by atoms with Gasteiger partial charge in [0.25, 0.3) is 5.91 Å². The maximum absolute atomic E-state index is 13.0. The zero-order chi connectivity index (χ0) is 21.6. The fourth-order valence-electron chi connectivity index (χ4n) is 4.16. The number of nitrogens with zero attached hydrogens (tertiary/aromatic N) is 3. The van der Waals surface area contributed by atoms with E-state index in [0.29, 0.717) is 44.5 Å². The molecule has 1 saturated heterocycles. The molecule has 1 N–H and O–H groups in total. The van der Waals surface area contributed by atoms with Crippen molar-refractivity contribution in [3.05, 3.63) is 11.7 Å². The average molecular weight is 434 g/mol. The zero-order valence-electron chi connectivity index (χ0n) is 17.7. The van der Waals surface area contributed by atoms with Gasteiger partial charge in [-0.25, -0.2) is 4.79 Å². The average Bonchev–Trinajstić information content (AvgIpc) is 3.54. The number of alkyl carbamates (subject to hydrolysis) is 1. The predicted octanol–water partition coefficient (Wildman–Crippen LogP) is 2.05. The van der Waals surface area contributed by atoms with Gasteiger partial charge in [0, 0.05) is 19.0 Å². The zero-order valence-corrected chi connectivity index (χ0v) is 17.7. The van der Waals surface area contributed by atoms with Crippen LogP contribution in [0.1, 0.15) is 73.8 Å². The minimum atomic E-state index is -0.858. The maximum atomic E-state index is 13.0. The third kappa shape index (κ3) is 6.03. The summed E-state index contributed by atoms with van der Waals surface area (Å²) in [7, 11) is 0. The number of amides is 2. The van der Waals surface area contributed by atoms with Gasteiger partial charge < -0.3 is 24.2 Å². The molecule has 1 aliphatic heterocycles. The molecule has 31 heavy (non-hydrogen) atoms. The van der Waals surface area contributed by atoms with Crippen LogP contribution >= 0.6 is 0 Å². The second-order valence-electron chi connectivity index (χ2n) is 8.58. The number of hydrogen-bond acceptors (Lipinski definition) is 8. The van der Waals surface area contributed by atoms with Gasteiger partial charge in [0.2, 0.25) is 17.5 Å². The Morgan fingerprint density at radius 3 is 2.55 bits per heavy atom. The molecule has 0 aromatic carbocycles. The van der Waals surface area contributed by atoms with Gasteiger partial charge in [-0.2, -0.15) is 4.98 Å². The number of carbonyl (C=O) groups is 3. The summed E-state index contributed by atoms with van der Waals surface area (Å²) in [5.74, 6) is 0.371. The van der Waals surface area contributed by atoms with Crippen LogP contribution in [-0.2, 0) is 14.3 Å². The molecule has 0 bridgehead atoms. The van der Waals surface area contributed by atoms with E-state index >= 15 is 0 Å². The van der Waals surface area contributed by atoms with Crippen molar-refractivity contribution in [2.75, 3.05) is 32.8 Å². The first kappa shape index (κ1) is 21.7. The topological polar surface area (TPSA) is 124 Å². The SMILES string of the molecule is O=C(NCC(=O)c1noc(C2CC2)n1)O[C@@H](CC1CCCCC1)C(=O)N1CCOCC1. The Morgan fingerprint density at radius 1 is 1.10 bits per heavy atom. The lowest BCUT2D eigenvalue weighted by molar-refractivity contribution is -0.145. The summed E-state index contributed by atoms with van der Waals surface area (Å²) in [5.41, 5.74) is 0. The van der Waals surface area contributed by atoms with Crippen LogP contribution < -0.4 is 5.32 Å². The van der Waals surface area contributed by atoms with Crippen LogP contribution in [0.2, 0.25) is 0 Å². The van der Waals surface area contributed by atoms with Gasteiger partial charge in [-0.05, 0) is 25.2 Å². The quantitative estimate of drug-likeness (QED) is 0.617. The lowest BCUT2D eigenvalue weighted by Gasteiger charge is -2.32. The number of nitrogens with one attached hydrogen (secondary N) is 1. The van der Waals surface area contributed by atoms with Crippen LogP contribution in [-0.4, -0.2) is 71.8 Å². The number of ether oxygens (including phenoxy) is 2. The Balaban J connectivity index is 1.31. The van der Waals surface area contributed by atoms with Crippen molar-refractivity contribution in [3.8, 4) is 0 Å². The monoisotopic (exact) mass is 434 g/mol. The molecule has 0 radical (unpaired) electrons. The van der Waals surface area contributed by atoms with E-state index < -0.39 is 18.0 Å². The number of hydrogen-bond donors (Lipinski definition) is 1. The smallest absolute Gasteiger partial charge is 0.408 e. The maximum Gasteiger partial charge on any atom is 0.408 e. The van der Waals surface area contributed by atoms with E-state index in [2.05, 4.69) is 15.5 Å². The molecule has 2 heterocycles. The molecule has 2 amide bonds. The Morgan fingerprint density at radius 2 is 1.84 bits per heavy atom. The van der Waals surface area contributed by atoms with Crippen molar-refractivity contribution in [1.29, 1.82) is 0 Å². The first-order valence-corrected chi connectivity index (χ1v) is 11.3. The molecule has 3 fully saturated rings. The highest BCUT2D eigenvalue weighted by Gasteiger charge is 2.33. The molecule has 1 aromatic heterocycles. The van der Waals surface area contributed by atoms with Crippen molar-refractivity contribution in [3.63, 3.8) is 0 Å². The molecule has 0 spiro atoms. The summed E-state index contributed by atoms with van der Waals surface area (Å²) in [4.78, 5) is 43.4. The van der Waals surface area contributed by atoms with Crippen molar-refractivity contribution in [1.82, 2.24) is 20.4 Å². The van der Waals surface area contributed by atoms with Crippen molar-refractivity contribution < 1.29 is 28.4 Å². The van der Waals surface area contributed by atoms with Crippen LogP contribution in [0.4, 0.5) is 4.79 Å². The molecule has 1 atom stereocenters. The highest BCUT2D eigenvalue weighted by molar-refractivity contribution is 5.95. The number of Topliss-reactive ketones (excluding diaryl/α,β-unsaturated/α-hetero) is 1. The van der Waals surface area contributed by atoms with E-state index in [1.165, 1.54) is 6.42 Å². The molecule has 2 aliphatic carbocycles. The lowest BCUT2D eigenvalue weighted by Crippen LogP contribution is -2.48. The third-order valence-corrected chi connectivity index (χ3v) is 6.13. The number of aromatic nitrogens is 2. The largest absolute Gasteiger partial charge is 0.436 e. The first-order chi connectivity index (χ1) is 15.1. The van der Waals surface area contributed by atoms with Crippen LogP contribution in [0.15, 0.2) is 4.52 Å². The summed E-state index contributed by atoms with van der Waals surface area (Å²) in [6.07, 6.45) is 6.39. The molecule has 10 heteroatoms. The number of morpholine rings is 1. The van der Waals surface area contributed by atoms with E-state index in [0.717, 1.165) is 38.5 Å². The molecule has 170 valence electrons. The second kappa shape index (κ2) is 10.2. The highest BCUT2D eigenvalue weighted by atomic mass is 16.6. The molecule has 0 unspecified atom stereocenters. The van der Waals surface area contributed by atoms with Crippen LogP contribution in [0.3, 0.4) is 0 Å². The van der Waals surface area contributed by atoms with Crippen molar-refractivity contribution in [2.45, 2.75) is 63.4 Å².